The van der Waals surface area contributed by atoms with Crippen molar-refractivity contribution in [3.8, 4) is 0 Å². The van der Waals surface area contributed by atoms with Crippen molar-refractivity contribution in [3.63, 3.8) is 0 Å². The van der Waals surface area contributed by atoms with Gasteiger partial charge in [-0.2, -0.15) is 11.8 Å². The van der Waals surface area contributed by atoms with E-state index in [1.165, 1.54) is 0 Å². The number of thioether (sulfide) groups is 1. The third kappa shape index (κ3) is 3.63. The number of nitrogens with zero attached hydrogens (tertiary/aromatic N) is 2. The van der Waals surface area contributed by atoms with E-state index in [9.17, 15) is 14.7 Å². The first-order valence-electron chi connectivity index (χ1n) is 7.48. The van der Waals surface area contributed by atoms with Crippen molar-refractivity contribution < 1.29 is 19.4 Å². The predicted molar refractivity (Wildman–Crippen MR) is 81.6 cm³/mol. The molecule has 0 bridgehead atoms. The molecule has 3 unspecified atom stereocenters. The monoisotopic (exact) mass is 316 g/mol. The van der Waals surface area contributed by atoms with E-state index in [-0.39, 0.29) is 24.7 Å². The Kier molecular flexibility index (Phi) is 5.75. The maximum Gasteiger partial charge on any atom is 0.320 e. The molecule has 2 amide bonds. The van der Waals surface area contributed by atoms with Crippen molar-refractivity contribution in [2.45, 2.75) is 31.8 Å². The molecule has 0 radical (unpaired) electrons. The summed E-state index contributed by atoms with van der Waals surface area (Å²) in [5, 5.41) is 9.30. The van der Waals surface area contributed by atoms with Crippen LogP contribution in [-0.2, 0) is 9.53 Å². The zero-order valence-corrected chi connectivity index (χ0v) is 13.5. The molecule has 3 atom stereocenters. The van der Waals surface area contributed by atoms with E-state index in [2.05, 4.69) is 0 Å². The minimum absolute atomic E-state index is 0.0638. The van der Waals surface area contributed by atoms with Gasteiger partial charge in [-0.25, -0.2) is 4.79 Å². The molecule has 0 spiro atoms. The topological polar surface area (TPSA) is 70.1 Å². The fourth-order valence-corrected chi connectivity index (χ4v) is 4.18. The van der Waals surface area contributed by atoms with Crippen LogP contribution in [0.2, 0.25) is 0 Å². The number of urea groups is 1. The molecule has 0 saturated carbocycles. The molecule has 21 heavy (non-hydrogen) atoms. The van der Waals surface area contributed by atoms with Crippen molar-refractivity contribution >= 4 is 23.8 Å². The molecule has 0 aromatic carbocycles. The molecule has 1 N–H and O–H groups in total. The Hall–Kier alpha value is -0.950. The van der Waals surface area contributed by atoms with Gasteiger partial charge in [0, 0.05) is 25.4 Å². The zero-order chi connectivity index (χ0) is 15.4. The Morgan fingerprint density at radius 3 is 2.71 bits per heavy atom. The summed E-state index contributed by atoms with van der Waals surface area (Å²) in [5.74, 6) is 0.545. The van der Waals surface area contributed by atoms with Crippen LogP contribution in [-0.4, -0.2) is 77.3 Å². The molecular formula is C14H24N2O4S. The molecule has 2 aliphatic heterocycles. The lowest BCUT2D eigenvalue weighted by Gasteiger charge is -2.35. The van der Waals surface area contributed by atoms with Gasteiger partial charge in [-0.05, 0) is 18.6 Å². The standard InChI is InChI=1S/C14H24N2O4S/c1-3-5-16(12-8-20-7-11(12)13(17)18)14(19)15(2)10-4-6-21-9-10/h10-12H,3-9H2,1-2H3,(H,17,18). The zero-order valence-electron chi connectivity index (χ0n) is 12.7. The highest BCUT2D eigenvalue weighted by atomic mass is 32.2. The Bertz CT molecular complexity index is 387. The minimum Gasteiger partial charge on any atom is -0.481 e. The van der Waals surface area contributed by atoms with E-state index in [1.54, 1.807) is 9.80 Å². The van der Waals surface area contributed by atoms with Crippen LogP contribution >= 0.6 is 11.8 Å². The molecular weight excluding hydrogens is 292 g/mol. The van der Waals surface area contributed by atoms with Crippen LogP contribution in [0.5, 0.6) is 0 Å². The molecule has 120 valence electrons. The first-order chi connectivity index (χ1) is 10.1. The van der Waals surface area contributed by atoms with E-state index in [1.807, 2.05) is 25.7 Å². The lowest BCUT2D eigenvalue weighted by Crippen LogP contribution is -2.53. The van der Waals surface area contributed by atoms with Gasteiger partial charge in [-0.1, -0.05) is 6.92 Å². The number of amides is 2. The van der Waals surface area contributed by atoms with Gasteiger partial charge in [-0.15, -0.1) is 0 Å². The summed E-state index contributed by atoms with van der Waals surface area (Å²) in [6.07, 6.45) is 1.82. The van der Waals surface area contributed by atoms with Crippen molar-refractivity contribution in [2.24, 2.45) is 5.92 Å². The van der Waals surface area contributed by atoms with E-state index < -0.39 is 11.9 Å². The Labute approximate surface area is 129 Å². The molecule has 7 heteroatoms. The minimum atomic E-state index is -0.884. The normalized spacial score (nSPS) is 28.6. The number of rotatable bonds is 5. The fourth-order valence-electron chi connectivity index (χ4n) is 2.92. The van der Waals surface area contributed by atoms with Crippen molar-refractivity contribution in [1.29, 1.82) is 0 Å². The molecule has 2 heterocycles. The highest BCUT2D eigenvalue weighted by Crippen LogP contribution is 2.25. The summed E-state index contributed by atoms with van der Waals surface area (Å²) in [6, 6.07) is -0.162. The van der Waals surface area contributed by atoms with Crippen LogP contribution in [0.3, 0.4) is 0 Å². The van der Waals surface area contributed by atoms with E-state index in [4.69, 9.17) is 4.74 Å². The quantitative estimate of drug-likeness (QED) is 0.829. The highest BCUT2D eigenvalue weighted by molar-refractivity contribution is 7.99. The number of carbonyl (C=O) groups is 2. The Balaban J connectivity index is 2.09. The number of hydrogen-bond acceptors (Lipinski definition) is 4. The van der Waals surface area contributed by atoms with Gasteiger partial charge in [0.1, 0.15) is 5.92 Å². The van der Waals surface area contributed by atoms with Gasteiger partial charge >= 0.3 is 12.0 Å². The number of hydrogen-bond donors (Lipinski definition) is 1. The summed E-state index contributed by atoms with van der Waals surface area (Å²) < 4.78 is 5.32. The number of ether oxygens (including phenoxy) is 1. The van der Waals surface area contributed by atoms with Gasteiger partial charge in [-0.3, -0.25) is 4.79 Å². The lowest BCUT2D eigenvalue weighted by atomic mass is 10.0. The van der Waals surface area contributed by atoms with Gasteiger partial charge in [0.2, 0.25) is 0 Å². The molecule has 0 aromatic heterocycles. The van der Waals surface area contributed by atoms with Crippen LogP contribution in [0.1, 0.15) is 19.8 Å². The van der Waals surface area contributed by atoms with Crippen LogP contribution in [0.15, 0.2) is 0 Å². The molecule has 2 aliphatic rings. The predicted octanol–water partition coefficient (Wildman–Crippen LogP) is 1.36. The molecule has 0 aliphatic carbocycles. The van der Waals surface area contributed by atoms with Crippen LogP contribution in [0, 0.1) is 5.92 Å². The first-order valence-corrected chi connectivity index (χ1v) is 8.63. The molecule has 2 fully saturated rings. The number of aliphatic carboxylic acids is 1. The van der Waals surface area contributed by atoms with Crippen molar-refractivity contribution in [2.75, 3.05) is 38.3 Å². The largest absolute Gasteiger partial charge is 0.481 e. The molecule has 2 rings (SSSR count). The highest BCUT2D eigenvalue weighted by Gasteiger charge is 2.41. The SMILES string of the molecule is CCCN(C(=O)N(C)C1CCSC1)C1COCC1C(=O)O. The maximum absolute atomic E-state index is 12.8. The van der Waals surface area contributed by atoms with E-state index >= 15 is 0 Å². The second kappa shape index (κ2) is 7.35. The summed E-state index contributed by atoms with van der Waals surface area (Å²) in [7, 11) is 1.83. The van der Waals surface area contributed by atoms with Gasteiger partial charge in [0.05, 0.1) is 19.3 Å². The van der Waals surface area contributed by atoms with Crippen molar-refractivity contribution in [1.82, 2.24) is 9.80 Å². The van der Waals surface area contributed by atoms with Gasteiger partial charge < -0.3 is 19.6 Å². The number of carboxylic acids is 1. The van der Waals surface area contributed by atoms with Crippen LogP contribution in [0.25, 0.3) is 0 Å². The van der Waals surface area contributed by atoms with Gasteiger partial charge in [0.15, 0.2) is 0 Å². The third-order valence-electron chi connectivity index (χ3n) is 4.23. The molecule has 0 aromatic rings. The third-order valence-corrected chi connectivity index (χ3v) is 5.38. The average Bonchev–Trinajstić information content (AvgIpc) is 3.13. The fraction of sp³-hybridized carbons (Fsp3) is 0.857. The first kappa shape index (κ1) is 16.4. The smallest absolute Gasteiger partial charge is 0.320 e. The van der Waals surface area contributed by atoms with E-state index in [0.29, 0.717) is 13.2 Å². The summed E-state index contributed by atoms with van der Waals surface area (Å²) >= 11 is 1.86. The van der Waals surface area contributed by atoms with E-state index in [0.717, 1.165) is 24.3 Å². The lowest BCUT2D eigenvalue weighted by molar-refractivity contribution is -0.142. The Morgan fingerprint density at radius 1 is 1.38 bits per heavy atom. The molecule has 2 saturated heterocycles. The Morgan fingerprint density at radius 2 is 2.14 bits per heavy atom. The van der Waals surface area contributed by atoms with Crippen LogP contribution < -0.4 is 0 Å². The summed E-state index contributed by atoms with van der Waals surface area (Å²) in [5.41, 5.74) is 0. The summed E-state index contributed by atoms with van der Waals surface area (Å²) in [6.45, 7) is 3.07. The van der Waals surface area contributed by atoms with Gasteiger partial charge in [0.25, 0.3) is 0 Å². The second-order valence-electron chi connectivity index (χ2n) is 5.65. The van der Waals surface area contributed by atoms with Crippen molar-refractivity contribution in [3.05, 3.63) is 0 Å². The average molecular weight is 316 g/mol. The second-order valence-corrected chi connectivity index (χ2v) is 6.80. The number of carboxylic acid groups (broad SMARTS) is 1. The van der Waals surface area contributed by atoms with Crippen LogP contribution in [0.4, 0.5) is 4.79 Å². The molecule has 6 nitrogen and oxygen atoms in total. The maximum atomic E-state index is 12.8. The summed E-state index contributed by atoms with van der Waals surface area (Å²) in [4.78, 5) is 27.6. The number of carbonyl (C=O) groups excluding carboxylic acids is 1.